The molecule has 6 heteroatoms. The van der Waals surface area contributed by atoms with E-state index >= 15 is 0 Å². The van der Waals surface area contributed by atoms with Gasteiger partial charge in [-0.3, -0.25) is 14.7 Å². The van der Waals surface area contributed by atoms with Gasteiger partial charge in [0.1, 0.15) is 0 Å². The standard InChI is InChI=1S/C9H13N3O3/c1-6(9(14)15)2-3-10-8(13)7-4-11-12-5-7/h4-6H,2-3H2,1H3,(H,10,13)(H,11,12)(H,14,15). The minimum Gasteiger partial charge on any atom is -0.481 e. The third kappa shape index (κ3) is 3.41. The maximum absolute atomic E-state index is 11.3. The average Bonchev–Trinajstić information content (AvgIpc) is 2.70. The van der Waals surface area contributed by atoms with Gasteiger partial charge >= 0.3 is 5.97 Å². The van der Waals surface area contributed by atoms with E-state index in [-0.39, 0.29) is 5.91 Å². The number of nitrogens with one attached hydrogen (secondary N) is 2. The largest absolute Gasteiger partial charge is 0.481 e. The summed E-state index contributed by atoms with van der Waals surface area (Å²) in [5, 5.41) is 17.4. The molecule has 0 spiro atoms. The van der Waals surface area contributed by atoms with Crippen molar-refractivity contribution >= 4 is 11.9 Å². The molecule has 0 aliphatic rings. The third-order valence-electron chi connectivity index (χ3n) is 2.04. The quantitative estimate of drug-likeness (QED) is 0.650. The van der Waals surface area contributed by atoms with Crippen molar-refractivity contribution in [2.24, 2.45) is 5.92 Å². The van der Waals surface area contributed by atoms with E-state index in [1.165, 1.54) is 12.4 Å². The van der Waals surface area contributed by atoms with Crippen molar-refractivity contribution in [1.82, 2.24) is 15.5 Å². The van der Waals surface area contributed by atoms with Gasteiger partial charge in [0.25, 0.3) is 5.91 Å². The normalized spacial score (nSPS) is 12.1. The molecule has 0 radical (unpaired) electrons. The van der Waals surface area contributed by atoms with Crippen molar-refractivity contribution in [3.05, 3.63) is 18.0 Å². The smallest absolute Gasteiger partial charge is 0.306 e. The predicted molar refractivity (Wildman–Crippen MR) is 52.3 cm³/mol. The maximum Gasteiger partial charge on any atom is 0.306 e. The fourth-order valence-electron chi connectivity index (χ4n) is 1.00. The number of rotatable bonds is 5. The fourth-order valence-corrected chi connectivity index (χ4v) is 1.00. The zero-order valence-corrected chi connectivity index (χ0v) is 8.36. The molecule has 0 aliphatic carbocycles. The molecule has 0 saturated carbocycles. The molecule has 0 saturated heterocycles. The molecule has 1 amide bonds. The summed E-state index contributed by atoms with van der Waals surface area (Å²) in [5.74, 6) is -1.55. The summed E-state index contributed by atoms with van der Waals surface area (Å²) in [6, 6.07) is 0. The molecule has 6 nitrogen and oxygen atoms in total. The number of hydrogen-bond acceptors (Lipinski definition) is 3. The van der Waals surface area contributed by atoms with Gasteiger partial charge < -0.3 is 10.4 Å². The predicted octanol–water partition coefficient (Wildman–Crippen LogP) is 0.250. The lowest BCUT2D eigenvalue weighted by Gasteiger charge is -2.06. The fraction of sp³-hybridized carbons (Fsp3) is 0.444. The summed E-state index contributed by atoms with van der Waals surface area (Å²) in [6.45, 7) is 1.95. The van der Waals surface area contributed by atoms with E-state index < -0.39 is 11.9 Å². The van der Waals surface area contributed by atoms with E-state index in [0.29, 0.717) is 18.5 Å². The second-order valence-corrected chi connectivity index (χ2v) is 3.27. The third-order valence-corrected chi connectivity index (χ3v) is 2.04. The Balaban J connectivity index is 2.27. The monoisotopic (exact) mass is 211 g/mol. The minimum atomic E-state index is -0.854. The molecule has 82 valence electrons. The Morgan fingerprint density at radius 3 is 2.93 bits per heavy atom. The average molecular weight is 211 g/mol. The number of carbonyl (C=O) groups excluding carboxylic acids is 1. The molecular weight excluding hydrogens is 198 g/mol. The minimum absolute atomic E-state index is 0.249. The molecule has 3 N–H and O–H groups in total. The molecule has 1 aromatic rings. The van der Waals surface area contributed by atoms with Crippen LogP contribution < -0.4 is 5.32 Å². The highest BCUT2D eigenvalue weighted by Crippen LogP contribution is 2.00. The number of aromatic amines is 1. The summed E-state index contributed by atoms with van der Waals surface area (Å²) in [4.78, 5) is 21.8. The van der Waals surface area contributed by atoms with Crippen LogP contribution in [0.1, 0.15) is 23.7 Å². The number of aromatic nitrogens is 2. The zero-order valence-electron chi connectivity index (χ0n) is 8.36. The van der Waals surface area contributed by atoms with Crippen molar-refractivity contribution in [3.63, 3.8) is 0 Å². The van der Waals surface area contributed by atoms with Gasteiger partial charge in [0.05, 0.1) is 17.7 Å². The summed E-state index contributed by atoms with van der Waals surface area (Å²) >= 11 is 0. The number of H-pyrrole nitrogens is 1. The van der Waals surface area contributed by atoms with Gasteiger partial charge in [0, 0.05) is 12.7 Å². The first-order chi connectivity index (χ1) is 7.11. The van der Waals surface area contributed by atoms with Gasteiger partial charge in [0.2, 0.25) is 0 Å². The lowest BCUT2D eigenvalue weighted by molar-refractivity contribution is -0.141. The van der Waals surface area contributed by atoms with Gasteiger partial charge in [-0.15, -0.1) is 0 Å². The van der Waals surface area contributed by atoms with E-state index in [1.807, 2.05) is 0 Å². The molecule has 0 bridgehead atoms. The molecule has 15 heavy (non-hydrogen) atoms. The maximum atomic E-state index is 11.3. The summed E-state index contributed by atoms with van der Waals surface area (Å²) in [6.07, 6.45) is 3.31. The number of nitrogens with zero attached hydrogens (tertiary/aromatic N) is 1. The van der Waals surface area contributed by atoms with Crippen LogP contribution in [0.2, 0.25) is 0 Å². The van der Waals surface area contributed by atoms with Crippen molar-refractivity contribution in [1.29, 1.82) is 0 Å². The molecule has 1 heterocycles. The van der Waals surface area contributed by atoms with Crippen LogP contribution in [0, 0.1) is 5.92 Å². The van der Waals surface area contributed by atoms with Crippen LogP contribution in [0.25, 0.3) is 0 Å². The lowest BCUT2D eigenvalue weighted by atomic mass is 10.1. The molecule has 1 atom stereocenters. The summed E-state index contributed by atoms with van der Waals surface area (Å²) in [7, 11) is 0. The first-order valence-electron chi connectivity index (χ1n) is 4.61. The number of carbonyl (C=O) groups is 2. The van der Waals surface area contributed by atoms with Crippen LogP contribution in [0.3, 0.4) is 0 Å². The van der Waals surface area contributed by atoms with Crippen molar-refractivity contribution in [2.45, 2.75) is 13.3 Å². The first-order valence-corrected chi connectivity index (χ1v) is 4.61. The number of hydrogen-bond donors (Lipinski definition) is 3. The Bertz CT molecular complexity index is 334. The highest BCUT2D eigenvalue weighted by Gasteiger charge is 2.11. The van der Waals surface area contributed by atoms with Crippen molar-refractivity contribution in [2.75, 3.05) is 6.54 Å². The second kappa shape index (κ2) is 5.14. The Morgan fingerprint density at radius 1 is 1.67 bits per heavy atom. The number of amides is 1. The molecular formula is C9H13N3O3. The number of aliphatic carboxylic acids is 1. The van der Waals surface area contributed by atoms with Gasteiger partial charge in [0.15, 0.2) is 0 Å². The lowest BCUT2D eigenvalue weighted by Crippen LogP contribution is -2.26. The van der Waals surface area contributed by atoms with Crippen LogP contribution in [0.4, 0.5) is 0 Å². The van der Waals surface area contributed by atoms with E-state index in [0.717, 1.165) is 0 Å². The van der Waals surface area contributed by atoms with E-state index in [9.17, 15) is 9.59 Å². The highest BCUT2D eigenvalue weighted by molar-refractivity contribution is 5.93. The number of carboxylic acid groups (broad SMARTS) is 1. The van der Waals surface area contributed by atoms with Crippen LogP contribution in [-0.4, -0.2) is 33.7 Å². The summed E-state index contributed by atoms with van der Waals surface area (Å²) in [5.41, 5.74) is 0.443. The van der Waals surface area contributed by atoms with E-state index in [1.54, 1.807) is 6.92 Å². The van der Waals surface area contributed by atoms with Crippen molar-refractivity contribution < 1.29 is 14.7 Å². The Labute approximate surface area is 86.7 Å². The molecule has 1 rings (SSSR count). The molecule has 0 aliphatic heterocycles. The Morgan fingerprint density at radius 2 is 2.40 bits per heavy atom. The topological polar surface area (TPSA) is 95.1 Å². The van der Waals surface area contributed by atoms with Crippen LogP contribution in [0.15, 0.2) is 12.4 Å². The summed E-state index contributed by atoms with van der Waals surface area (Å²) < 4.78 is 0. The Hall–Kier alpha value is -1.85. The van der Waals surface area contributed by atoms with E-state index in [4.69, 9.17) is 5.11 Å². The van der Waals surface area contributed by atoms with Crippen LogP contribution in [-0.2, 0) is 4.79 Å². The number of carboxylic acids is 1. The Kier molecular flexibility index (Phi) is 3.84. The van der Waals surface area contributed by atoms with Crippen LogP contribution >= 0.6 is 0 Å². The first kappa shape index (κ1) is 11.2. The molecule has 0 aromatic carbocycles. The van der Waals surface area contributed by atoms with Crippen molar-refractivity contribution in [3.8, 4) is 0 Å². The van der Waals surface area contributed by atoms with Crippen LogP contribution in [0.5, 0.6) is 0 Å². The molecule has 1 aromatic heterocycles. The van der Waals surface area contributed by atoms with E-state index in [2.05, 4.69) is 15.5 Å². The van der Waals surface area contributed by atoms with Gasteiger partial charge in [-0.2, -0.15) is 5.10 Å². The molecule has 0 fully saturated rings. The van der Waals surface area contributed by atoms with Gasteiger partial charge in [-0.25, -0.2) is 0 Å². The van der Waals surface area contributed by atoms with Gasteiger partial charge in [-0.05, 0) is 6.42 Å². The van der Waals surface area contributed by atoms with Gasteiger partial charge in [-0.1, -0.05) is 6.92 Å². The SMILES string of the molecule is CC(CCNC(=O)c1cn[nH]c1)C(=O)O. The zero-order chi connectivity index (χ0) is 11.3. The second-order valence-electron chi connectivity index (χ2n) is 3.27. The molecule has 1 unspecified atom stereocenters. The highest BCUT2D eigenvalue weighted by atomic mass is 16.4.